The number of hydrogen-bond acceptors (Lipinski definition) is 2. The summed E-state index contributed by atoms with van der Waals surface area (Å²) < 4.78 is 2.08. The number of carbonyl (C=O) groups is 1. The molecule has 2 heterocycles. The topological polar surface area (TPSA) is 55.1 Å². The van der Waals surface area contributed by atoms with Crippen LogP contribution in [0.4, 0.5) is 0 Å². The van der Waals surface area contributed by atoms with Gasteiger partial charge in [-0.1, -0.05) is 30.7 Å². The van der Waals surface area contributed by atoms with Gasteiger partial charge in [0.2, 0.25) is 0 Å². The Morgan fingerprint density at radius 1 is 1.45 bits per heavy atom. The van der Waals surface area contributed by atoms with Crippen LogP contribution in [0.1, 0.15) is 35.1 Å². The van der Waals surface area contributed by atoms with Crippen molar-refractivity contribution in [3.05, 3.63) is 41.2 Å². The molecule has 0 spiro atoms. The molecule has 1 N–H and O–H groups in total. The van der Waals surface area contributed by atoms with E-state index in [4.69, 9.17) is 0 Å². The molecule has 0 radical (unpaired) electrons. The van der Waals surface area contributed by atoms with Crippen molar-refractivity contribution in [1.29, 1.82) is 0 Å². The molecule has 0 saturated carbocycles. The molecule has 1 unspecified atom stereocenters. The largest absolute Gasteiger partial charge is 0.476 e. The molecule has 0 aliphatic carbocycles. The predicted octanol–water partition coefficient (Wildman–Crippen LogP) is 3.14. The molecule has 104 valence electrons. The number of fused-ring (bicyclic) bond motifs is 1. The third-order valence-electron chi connectivity index (χ3n) is 3.94. The Kier molecular flexibility index (Phi) is 3.08. The standard InChI is InChI=1S/C16H18N2O2/c1-10-4-3-5-12(8-10)15-17-14(16(19)20)13-9-11(2)6-7-18(13)15/h3-5,8,11H,6-7,9H2,1-2H3,(H,19,20). The molecule has 20 heavy (non-hydrogen) atoms. The highest BCUT2D eigenvalue weighted by Crippen LogP contribution is 2.30. The molecule has 0 fully saturated rings. The highest BCUT2D eigenvalue weighted by Gasteiger charge is 2.27. The number of aryl methyl sites for hydroxylation is 1. The van der Waals surface area contributed by atoms with E-state index in [9.17, 15) is 9.90 Å². The smallest absolute Gasteiger partial charge is 0.356 e. The molecule has 1 aliphatic rings. The van der Waals surface area contributed by atoms with E-state index in [2.05, 4.69) is 22.5 Å². The molecule has 0 bridgehead atoms. The Morgan fingerprint density at radius 2 is 2.25 bits per heavy atom. The van der Waals surface area contributed by atoms with Gasteiger partial charge in [0.1, 0.15) is 5.82 Å². The second-order valence-corrected chi connectivity index (χ2v) is 5.65. The van der Waals surface area contributed by atoms with Crippen LogP contribution in [0.5, 0.6) is 0 Å². The van der Waals surface area contributed by atoms with Gasteiger partial charge < -0.3 is 9.67 Å². The maximum atomic E-state index is 11.4. The van der Waals surface area contributed by atoms with Gasteiger partial charge >= 0.3 is 5.97 Å². The number of carboxylic acids is 1. The fourth-order valence-electron chi connectivity index (χ4n) is 2.89. The Labute approximate surface area is 118 Å². The maximum absolute atomic E-state index is 11.4. The van der Waals surface area contributed by atoms with Crippen LogP contribution in [0.25, 0.3) is 11.4 Å². The van der Waals surface area contributed by atoms with Crippen molar-refractivity contribution in [1.82, 2.24) is 9.55 Å². The molecule has 1 aliphatic heterocycles. The van der Waals surface area contributed by atoms with Gasteiger partial charge in [-0.2, -0.15) is 0 Å². The summed E-state index contributed by atoms with van der Waals surface area (Å²) in [5.41, 5.74) is 3.23. The summed E-state index contributed by atoms with van der Waals surface area (Å²) in [5.74, 6) is 0.373. The highest BCUT2D eigenvalue weighted by atomic mass is 16.4. The fourth-order valence-corrected chi connectivity index (χ4v) is 2.89. The fraction of sp³-hybridized carbons (Fsp3) is 0.375. The van der Waals surface area contributed by atoms with Gasteiger partial charge in [-0.3, -0.25) is 0 Å². The van der Waals surface area contributed by atoms with Crippen molar-refractivity contribution >= 4 is 5.97 Å². The van der Waals surface area contributed by atoms with Crippen LogP contribution in [0.3, 0.4) is 0 Å². The average Bonchev–Trinajstić information content (AvgIpc) is 2.77. The number of benzene rings is 1. The van der Waals surface area contributed by atoms with Gasteiger partial charge in [-0.05, 0) is 31.7 Å². The lowest BCUT2D eigenvalue weighted by molar-refractivity contribution is 0.0689. The minimum Gasteiger partial charge on any atom is -0.476 e. The molecular weight excluding hydrogens is 252 g/mol. The Hall–Kier alpha value is -2.10. The molecule has 0 amide bonds. The van der Waals surface area contributed by atoms with E-state index in [-0.39, 0.29) is 5.69 Å². The Bertz CT molecular complexity index is 673. The van der Waals surface area contributed by atoms with Crippen molar-refractivity contribution in [2.45, 2.75) is 33.2 Å². The summed E-state index contributed by atoms with van der Waals surface area (Å²) in [6.45, 7) is 5.04. The zero-order valence-corrected chi connectivity index (χ0v) is 11.8. The number of carboxylic acid groups (broad SMARTS) is 1. The SMILES string of the molecule is Cc1cccc(-c2nc(C(=O)O)c3n2CCC(C)C3)c1. The lowest BCUT2D eigenvalue weighted by atomic mass is 9.97. The average molecular weight is 270 g/mol. The van der Waals surface area contributed by atoms with E-state index in [0.29, 0.717) is 5.92 Å². The maximum Gasteiger partial charge on any atom is 0.356 e. The minimum absolute atomic E-state index is 0.216. The molecule has 1 aromatic heterocycles. The van der Waals surface area contributed by atoms with Crippen molar-refractivity contribution in [2.24, 2.45) is 5.92 Å². The molecule has 1 atom stereocenters. The number of aromatic nitrogens is 2. The summed E-state index contributed by atoms with van der Waals surface area (Å²) >= 11 is 0. The van der Waals surface area contributed by atoms with Gasteiger partial charge in [0.25, 0.3) is 0 Å². The number of nitrogens with zero attached hydrogens (tertiary/aromatic N) is 2. The van der Waals surface area contributed by atoms with Crippen molar-refractivity contribution in [3.63, 3.8) is 0 Å². The second kappa shape index (κ2) is 4.78. The van der Waals surface area contributed by atoms with E-state index in [1.54, 1.807) is 0 Å². The van der Waals surface area contributed by atoms with Crippen LogP contribution in [0.15, 0.2) is 24.3 Å². The van der Waals surface area contributed by atoms with Crippen LogP contribution < -0.4 is 0 Å². The zero-order valence-electron chi connectivity index (χ0n) is 11.8. The minimum atomic E-state index is -0.929. The molecule has 3 rings (SSSR count). The van der Waals surface area contributed by atoms with E-state index in [1.807, 2.05) is 25.1 Å². The first-order valence-electron chi connectivity index (χ1n) is 6.96. The quantitative estimate of drug-likeness (QED) is 0.912. The summed E-state index contributed by atoms with van der Waals surface area (Å²) in [6.07, 6.45) is 1.86. The van der Waals surface area contributed by atoms with Gasteiger partial charge in [0, 0.05) is 12.1 Å². The van der Waals surface area contributed by atoms with Gasteiger partial charge in [-0.15, -0.1) is 0 Å². The first-order chi connectivity index (χ1) is 9.56. The van der Waals surface area contributed by atoms with Crippen molar-refractivity contribution in [3.8, 4) is 11.4 Å². The highest BCUT2D eigenvalue weighted by molar-refractivity contribution is 5.88. The summed E-state index contributed by atoms with van der Waals surface area (Å²) in [7, 11) is 0. The lowest BCUT2D eigenvalue weighted by Gasteiger charge is -2.22. The Morgan fingerprint density at radius 3 is 2.95 bits per heavy atom. The first kappa shape index (κ1) is 12.9. The van der Waals surface area contributed by atoms with E-state index >= 15 is 0 Å². The lowest BCUT2D eigenvalue weighted by Crippen LogP contribution is -2.19. The number of imidazole rings is 1. The number of hydrogen-bond donors (Lipinski definition) is 1. The number of aromatic carboxylic acids is 1. The monoisotopic (exact) mass is 270 g/mol. The van der Waals surface area contributed by atoms with Gasteiger partial charge in [0.15, 0.2) is 5.69 Å². The van der Waals surface area contributed by atoms with Crippen molar-refractivity contribution in [2.75, 3.05) is 0 Å². The predicted molar refractivity (Wildman–Crippen MR) is 76.8 cm³/mol. The Balaban J connectivity index is 2.17. The van der Waals surface area contributed by atoms with E-state index < -0.39 is 5.97 Å². The van der Waals surface area contributed by atoms with Gasteiger partial charge in [0.05, 0.1) is 5.69 Å². The number of rotatable bonds is 2. The van der Waals surface area contributed by atoms with Crippen LogP contribution in [-0.2, 0) is 13.0 Å². The van der Waals surface area contributed by atoms with E-state index in [1.165, 1.54) is 0 Å². The first-order valence-corrected chi connectivity index (χ1v) is 6.96. The van der Waals surface area contributed by atoms with Crippen LogP contribution >= 0.6 is 0 Å². The van der Waals surface area contributed by atoms with Crippen molar-refractivity contribution < 1.29 is 9.90 Å². The van der Waals surface area contributed by atoms with Gasteiger partial charge in [-0.25, -0.2) is 9.78 Å². The third-order valence-corrected chi connectivity index (χ3v) is 3.94. The van der Waals surface area contributed by atoms with Crippen LogP contribution in [0, 0.1) is 12.8 Å². The van der Waals surface area contributed by atoms with Crippen LogP contribution in [-0.4, -0.2) is 20.6 Å². The molecule has 0 saturated heterocycles. The molecule has 2 aromatic rings. The summed E-state index contributed by atoms with van der Waals surface area (Å²) in [5, 5.41) is 9.37. The molecule has 4 nitrogen and oxygen atoms in total. The van der Waals surface area contributed by atoms with E-state index in [0.717, 1.165) is 42.0 Å². The molecular formula is C16H18N2O2. The second-order valence-electron chi connectivity index (χ2n) is 5.65. The third kappa shape index (κ3) is 2.11. The zero-order chi connectivity index (χ0) is 14.3. The molecule has 4 heteroatoms. The summed E-state index contributed by atoms with van der Waals surface area (Å²) in [6, 6.07) is 8.06. The molecule has 1 aromatic carbocycles. The van der Waals surface area contributed by atoms with Crippen LogP contribution in [0.2, 0.25) is 0 Å². The normalized spacial score (nSPS) is 17.8. The summed E-state index contributed by atoms with van der Waals surface area (Å²) in [4.78, 5) is 15.8.